The van der Waals surface area contributed by atoms with Crippen LogP contribution in [0.25, 0.3) is 0 Å². The summed E-state index contributed by atoms with van der Waals surface area (Å²) in [5.41, 5.74) is 1.01. The molecule has 0 bridgehead atoms. The minimum absolute atomic E-state index is 0.935. The van der Waals surface area contributed by atoms with E-state index in [0.717, 1.165) is 24.6 Å². The highest BCUT2D eigenvalue weighted by Gasteiger charge is 2.08. The predicted octanol–water partition coefficient (Wildman–Crippen LogP) is 1.68. The third kappa shape index (κ3) is 3.45. The molecular weight excluding hydrogens is 200 g/mol. The molecule has 1 aliphatic rings. The maximum Gasteiger partial charge on any atom is 0.129 e. The highest BCUT2D eigenvalue weighted by Crippen LogP contribution is 2.08. The van der Waals surface area contributed by atoms with E-state index < -0.39 is 0 Å². The van der Waals surface area contributed by atoms with Gasteiger partial charge in [-0.05, 0) is 32.9 Å². The summed E-state index contributed by atoms with van der Waals surface area (Å²) in [5, 5.41) is 3.34. The minimum atomic E-state index is 0.935. The standard InChI is InChI=1S/C12H20N4/c1-11-9-12(15-10-14-11)13-5-8-16-6-3-2-4-7-16/h9-10H,2-8H2,1H3,(H,13,14,15). The Morgan fingerprint density at radius 2 is 2.06 bits per heavy atom. The number of rotatable bonds is 4. The molecule has 0 aromatic carbocycles. The van der Waals surface area contributed by atoms with Gasteiger partial charge in [-0.2, -0.15) is 0 Å². The first-order valence-corrected chi connectivity index (χ1v) is 6.09. The lowest BCUT2D eigenvalue weighted by Gasteiger charge is -2.26. The largest absolute Gasteiger partial charge is 0.369 e. The number of piperidine rings is 1. The summed E-state index contributed by atoms with van der Waals surface area (Å²) in [6.45, 7) is 6.58. The van der Waals surface area contributed by atoms with Crippen LogP contribution < -0.4 is 5.32 Å². The van der Waals surface area contributed by atoms with Crippen LogP contribution in [0.2, 0.25) is 0 Å². The SMILES string of the molecule is Cc1cc(NCCN2CCCCC2)ncn1. The summed E-state index contributed by atoms with van der Waals surface area (Å²) < 4.78 is 0. The van der Waals surface area contributed by atoms with Gasteiger partial charge in [0.15, 0.2) is 0 Å². The van der Waals surface area contributed by atoms with Crippen LogP contribution in [0.4, 0.5) is 5.82 Å². The first kappa shape index (κ1) is 11.3. The highest BCUT2D eigenvalue weighted by atomic mass is 15.1. The fraction of sp³-hybridized carbons (Fsp3) is 0.667. The fourth-order valence-corrected chi connectivity index (χ4v) is 2.08. The first-order chi connectivity index (χ1) is 7.84. The van der Waals surface area contributed by atoms with Gasteiger partial charge in [-0.25, -0.2) is 9.97 Å². The van der Waals surface area contributed by atoms with E-state index in [1.54, 1.807) is 6.33 Å². The average molecular weight is 220 g/mol. The number of hydrogen-bond acceptors (Lipinski definition) is 4. The molecule has 2 heterocycles. The van der Waals surface area contributed by atoms with Crippen LogP contribution in [0.5, 0.6) is 0 Å². The zero-order chi connectivity index (χ0) is 11.2. The van der Waals surface area contributed by atoms with Crippen molar-refractivity contribution >= 4 is 5.82 Å². The van der Waals surface area contributed by atoms with Crippen LogP contribution in [-0.2, 0) is 0 Å². The quantitative estimate of drug-likeness (QED) is 0.838. The van der Waals surface area contributed by atoms with E-state index in [4.69, 9.17) is 0 Å². The molecule has 0 saturated carbocycles. The first-order valence-electron chi connectivity index (χ1n) is 6.09. The van der Waals surface area contributed by atoms with Crippen molar-refractivity contribution < 1.29 is 0 Å². The van der Waals surface area contributed by atoms with Crippen molar-refractivity contribution in [2.24, 2.45) is 0 Å². The normalized spacial score (nSPS) is 17.3. The second-order valence-corrected chi connectivity index (χ2v) is 4.37. The number of nitrogens with one attached hydrogen (secondary N) is 1. The Morgan fingerprint density at radius 1 is 1.25 bits per heavy atom. The van der Waals surface area contributed by atoms with Gasteiger partial charge >= 0.3 is 0 Å². The van der Waals surface area contributed by atoms with Gasteiger partial charge in [0.05, 0.1) is 0 Å². The van der Waals surface area contributed by atoms with Gasteiger partial charge in [0.25, 0.3) is 0 Å². The molecule has 1 aromatic rings. The fourth-order valence-electron chi connectivity index (χ4n) is 2.08. The predicted molar refractivity (Wildman–Crippen MR) is 65.5 cm³/mol. The summed E-state index contributed by atoms with van der Waals surface area (Å²) >= 11 is 0. The molecule has 1 saturated heterocycles. The van der Waals surface area contributed by atoms with Crippen molar-refractivity contribution in [2.45, 2.75) is 26.2 Å². The molecule has 0 radical (unpaired) electrons. The topological polar surface area (TPSA) is 41.0 Å². The lowest BCUT2D eigenvalue weighted by molar-refractivity contribution is 0.237. The summed E-state index contributed by atoms with van der Waals surface area (Å²) in [7, 11) is 0. The maximum atomic E-state index is 4.18. The molecule has 1 aromatic heterocycles. The molecular formula is C12H20N4. The lowest BCUT2D eigenvalue weighted by Crippen LogP contribution is -2.33. The number of aryl methyl sites for hydroxylation is 1. The smallest absolute Gasteiger partial charge is 0.129 e. The van der Waals surface area contributed by atoms with E-state index in [1.165, 1.54) is 32.4 Å². The summed E-state index contributed by atoms with van der Waals surface area (Å²) in [5.74, 6) is 0.935. The Morgan fingerprint density at radius 3 is 2.81 bits per heavy atom. The van der Waals surface area contributed by atoms with Gasteiger partial charge in [0.2, 0.25) is 0 Å². The van der Waals surface area contributed by atoms with Gasteiger partial charge in [-0.3, -0.25) is 0 Å². The Bertz CT molecular complexity index is 321. The molecule has 0 aliphatic carbocycles. The molecule has 0 amide bonds. The van der Waals surface area contributed by atoms with Crippen LogP contribution in [0.15, 0.2) is 12.4 Å². The Kier molecular flexibility index (Phi) is 4.10. The van der Waals surface area contributed by atoms with Gasteiger partial charge in [-0.1, -0.05) is 6.42 Å². The molecule has 4 heteroatoms. The Labute approximate surface area is 97.1 Å². The van der Waals surface area contributed by atoms with Gasteiger partial charge in [-0.15, -0.1) is 0 Å². The van der Waals surface area contributed by atoms with E-state index in [9.17, 15) is 0 Å². The molecule has 0 unspecified atom stereocenters. The molecule has 1 N–H and O–H groups in total. The van der Waals surface area contributed by atoms with Crippen molar-refractivity contribution in [2.75, 3.05) is 31.5 Å². The second-order valence-electron chi connectivity index (χ2n) is 4.37. The van der Waals surface area contributed by atoms with E-state index >= 15 is 0 Å². The molecule has 1 fully saturated rings. The third-order valence-corrected chi connectivity index (χ3v) is 2.99. The average Bonchev–Trinajstić information content (AvgIpc) is 2.30. The number of aromatic nitrogens is 2. The van der Waals surface area contributed by atoms with Crippen LogP contribution in [0, 0.1) is 6.92 Å². The molecule has 16 heavy (non-hydrogen) atoms. The second kappa shape index (κ2) is 5.80. The Balaban J connectivity index is 1.71. The van der Waals surface area contributed by atoms with Crippen molar-refractivity contribution in [1.82, 2.24) is 14.9 Å². The van der Waals surface area contributed by atoms with Crippen molar-refractivity contribution in [3.05, 3.63) is 18.1 Å². The zero-order valence-corrected chi connectivity index (χ0v) is 9.95. The zero-order valence-electron chi connectivity index (χ0n) is 9.95. The minimum Gasteiger partial charge on any atom is -0.369 e. The molecule has 88 valence electrons. The third-order valence-electron chi connectivity index (χ3n) is 2.99. The number of nitrogens with zero attached hydrogens (tertiary/aromatic N) is 3. The van der Waals surface area contributed by atoms with Crippen LogP contribution >= 0.6 is 0 Å². The Hall–Kier alpha value is -1.16. The van der Waals surface area contributed by atoms with Crippen molar-refractivity contribution in [3.63, 3.8) is 0 Å². The number of anilines is 1. The van der Waals surface area contributed by atoms with Gasteiger partial charge < -0.3 is 10.2 Å². The van der Waals surface area contributed by atoms with Crippen LogP contribution in [-0.4, -0.2) is 41.0 Å². The van der Waals surface area contributed by atoms with E-state index in [-0.39, 0.29) is 0 Å². The van der Waals surface area contributed by atoms with Crippen LogP contribution in [0.3, 0.4) is 0 Å². The number of hydrogen-bond donors (Lipinski definition) is 1. The van der Waals surface area contributed by atoms with Gasteiger partial charge in [0, 0.05) is 24.8 Å². The van der Waals surface area contributed by atoms with E-state index in [0.29, 0.717) is 0 Å². The molecule has 0 atom stereocenters. The molecule has 0 spiro atoms. The van der Waals surface area contributed by atoms with Crippen molar-refractivity contribution in [3.8, 4) is 0 Å². The molecule has 2 rings (SSSR count). The molecule has 1 aliphatic heterocycles. The van der Waals surface area contributed by atoms with Gasteiger partial charge in [0.1, 0.15) is 12.1 Å². The van der Waals surface area contributed by atoms with E-state index in [1.807, 2.05) is 13.0 Å². The van der Waals surface area contributed by atoms with Crippen LogP contribution in [0.1, 0.15) is 25.0 Å². The maximum absolute atomic E-state index is 4.18. The summed E-state index contributed by atoms with van der Waals surface area (Å²) in [4.78, 5) is 10.8. The number of likely N-dealkylation sites (tertiary alicyclic amines) is 1. The highest BCUT2D eigenvalue weighted by molar-refractivity contribution is 5.34. The van der Waals surface area contributed by atoms with Crippen molar-refractivity contribution in [1.29, 1.82) is 0 Å². The van der Waals surface area contributed by atoms with E-state index in [2.05, 4.69) is 20.2 Å². The summed E-state index contributed by atoms with van der Waals surface area (Å²) in [6, 6.07) is 1.98. The summed E-state index contributed by atoms with van der Waals surface area (Å²) in [6.07, 6.45) is 5.72. The monoisotopic (exact) mass is 220 g/mol. The molecule has 4 nitrogen and oxygen atoms in total. The lowest BCUT2D eigenvalue weighted by atomic mass is 10.1.